The fourth-order valence-electron chi connectivity index (χ4n) is 2.28. The van der Waals surface area contributed by atoms with E-state index in [1.54, 1.807) is 29.6 Å². The molecule has 6 nitrogen and oxygen atoms in total. The normalized spacial score (nSPS) is 10.1. The van der Waals surface area contributed by atoms with Crippen molar-refractivity contribution in [1.29, 1.82) is 5.26 Å². The number of nitrogens with zero attached hydrogens (tertiary/aromatic N) is 2. The number of carbonyl (C=O) groups is 2. The van der Waals surface area contributed by atoms with Crippen molar-refractivity contribution >= 4 is 28.9 Å². The van der Waals surface area contributed by atoms with Crippen LogP contribution < -0.4 is 5.32 Å². The molecule has 0 bridgehead atoms. The fraction of sp³-hybridized carbons (Fsp3) is 0.100. The Bertz CT molecular complexity index is 1020. The standard InChI is InChI=1S/C20H15N3O3S/c1-13-6-8-14(9-7-13)19-23-17(12-27-19)20(25)26-11-18(24)22-16-5-3-2-4-15(16)10-21/h2-9,12H,11H2,1H3,(H,22,24). The van der Waals surface area contributed by atoms with Crippen molar-refractivity contribution in [3.05, 3.63) is 70.7 Å². The minimum Gasteiger partial charge on any atom is -0.451 e. The lowest BCUT2D eigenvalue weighted by molar-refractivity contribution is -0.119. The Kier molecular flexibility index (Phi) is 5.59. The monoisotopic (exact) mass is 377 g/mol. The first-order valence-corrected chi connectivity index (χ1v) is 8.93. The zero-order chi connectivity index (χ0) is 19.2. The van der Waals surface area contributed by atoms with E-state index >= 15 is 0 Å². The molecule has 1 aromatic heterocycles. The molecule has 0 atom stereocenters. The summed E-state index contributed by atoms with van der Waals surface area (Å²) in [6.45, 7) is 1.53. The molecule has 1 amide bonds. The highest BCUT2D eigenvalue weighted by Crippen LogP contribution is 2.24. The molecule has 0 spiro atoms. The minimum absolute atomic E-state index is 0.154. The smallest absolute Gasteiger partial charge is 0.358 e. The maximum absolute atomic E-state index is 12.1. The Balaban J connectivity index is 1.59. The molecule has 0 saturated carbocycles. The molecular weight excluding hydrogens is 362 g/mol. The fourth-order valence-corrected chi connectivity index (χ4v) is 3.07. The van der Waals surface area contributed by atoms with Crippen molar-refractivity contribution < 1.29 is 14.3 Å². The maximum Gasteiger partial charge on any atom is 0.358 e. The molecule has 0 aliphatic heterocycles. The Labute approximate surface area is 160 Å². The highest BCUT2D eigenvalue weighted by atomic mass is 32.1. The largest absolute Gasteiger partial charge is 0.451 e. The van der Waals surface area contributed by atoms with E-state index in [9.17, 15) is 9.59 Å². The van der Waals surface area contributed by atoms with Crippen LogP contribution in [0.2, 0.25) is 0 Å². The van der Waals surface area contributed by atoms with Gasteiger partial charge in [0.2, 0.25) is 0 Å². The predicted octanol–water partition coefficient (Wildman–Crippen LogP) is 3.79. The molecule has 3 rings (SSSR count). The highest BCUT2D eigenvalue weighted by Gasteiger charge is 2.15. The number of aryl methyl sites for hydroxylation is 1. The van der Waals surface area contributed by atoms with Crippen LogP contribution in [0.25, 0.3) is 10.6 Å². The van der Waals surface area contributed by atoms with Gasteiger partial charge in [0.1, 0.15) is 11.1 Å². The van der Waals surface area contributed by atoms with Crippen molar-refractivity contribution in [3.8, 4) is 16.6 Å². The average Bonchev–Trinajstić information content (AvgIpc) is 3.17. The summed E-state index contributed by atoms with van der Waals surface area (Å²) in [6.07, 6.45) is 0. The van der Waals surface area contributed by atoms with E-state index in [-0.39, 0.29) is 5.69 Å². The van der Waals surface area contributed by atoms with Crippen LogP contribution in [0.5, 0.6) is 0 Å². The molecule has 1 heterocycles. The second kappa shape index (κ2) is 8.25. The summed E-state index contributed by atoms with van der Waals surface area (Å²) in [7, 11) is 0. The third kappa shape index (κ3) is 4.57. The number of anilines is 1. The molecule has 0 aliphatic carbocycles. The second-order valence-electron chi connectivity index (χ2n) is 5.69. The Morgan fingerprint density at radius 2 is 1.93 bits per heavy atom. The van der Waals surface area contributed by atoms with Crippen LogP contribution in [0, 0.1) is 18.3 Å². The van der Waals surface area contributed by atoms with Crippen molar-refractivity contribution in [2.75, 3.05) is 11.9 Å². The lowest BCUT2D eigenvalue weighted by Crippen LogP contribution is -2.21. The van der Waals surface area contributed by atoms with Crippen LogP contribution in [-0.2, 0) is 9.53 Å². The number of nitrogens with one attached hydrogen (secondary N) is 1. The number of thiazole rings is 1. The Morgan fingerprint density at radius 3 is 2.67 bits per heavy atom. The van der Waals surface area contributed by atoms with Crippen LogP contribution in [0.4, 0.5) is 5.69 Å². The van der Waals surface area contributed by atoms with Gasteiger partial charge in [-0.05, 0) is 19.1 Å². The summed E-state index contributed by atoms with van der Waals surface area (Å²) in [5.41, 5.74) is 2.91. The first-order chi connectivity index (χ1) is 13.1. The van der Waals surface area contributed by atoms with Crippen molar-refractivity contribution in [1.82, 2.24) is 4.98 Å². The van der Waals surface area contributed by atoms with Gasteiger partial charge in [0, 0.05) is 10.9 Å². The predicted molar refractivity (Wildman–Crippen MR) is 102 cm³/mol. The van der Waals surface area contributed by atoms with Gasteiger partial charge in [0.25, 0.3) is 5.91 Å². The number of ether oxygens (including phenoxy) is 1. The van der Waals surface area contributed by atoms with E-state index in [2.05, 4.69) is 10.3 Å². The zero-order valence-electron chi connectivity index (χ0n) is 14.4. The number of rotatable bonds is 5. The van der Waals surface area contributed by atoms with Gasteiger partial charge >= 0.3 is 5.97 Å². The van der Waals surface area contributed by atoms with Crippen LogP contribution in [0.1, 0.15) is 21.6 Å². The molecule has 134 valence electrons. The summed E-state index contributed by atoms with van der Waals surface area (Å²) in [6, 6.07) is 16.4. The van der Waals surface area contributed by atoms with Crippen molar-refractivity contribution in [2.45, 2.75) is 6.92 Å². The number of esters is 1. The molecule has 0 radical (unpaired) electrons. The summed E-state index contributed by atoms with van der Waals surface area (Å²) in [5, 5.41) is 13.9. The Morgan fingerprint density at radius 1 is 1.19 bits per heavy atom. The van der Waals surface area contributed by atoms with E-state index in [0.717, 1.165) is 11.1 Å². The van der Waals surface area contributed by atoms with Gasteiger partial charge in [-0.3, -0.25) is 4.79 Å². The lowest BCUT2D eigenvalue weighted by atomic mass is 10.2. The molecule has 27 heavy (non-hydrogen) atoms. The topological polar surface area (TPSA) is 92.1 Å². The molecule has 0 aliphatic rings. The molecule has 3 aromatic rings. The van der Waals surface area contributed by atoms with Gasteiger partial charge < -0.3 is 10.1 Å². The number of carbonyl (C=O) groups excluding carboxylic acids is 2. The van der Waals surface area contributed by atoms with Gasteiger partial charge in [0.15, 0.2) is 12.3 Å². The van der Waals surface area contributed by atoms with E-state index in [1.807, 2.05) is 37.3 Å². The first kappa shape index (κ1) is 18.3. The van der Waals surface area contributed by atoms with E-state index < -0.39 is 18.5 Å². The van der Waals surface area contributed by atoms with Gasteiger partial charge in [-0.15, -0.1) is 11.3 Å². The summed E-state index contributed by atoms with van der Waals surface area (Å²) >= 11 is 1.33. The van der Waals surface area contributed by atoms with Crippen LogP contribution >= 0.6 is 11.3 Å². The van der Waals surface area contributed by atoms with E-state index in [1.165, 1.54) is 11.3 Å². The van der Waals surface area contributed by atoms with Crippen LogP contribution in [0.15, 0.2) is 53.9 Å². The molecule has 0 saturated heterocycles. The van der Waals surface area contributed by atoms with E-state index in [4.69, 9.17) is 10.00 Å². The first-order valence-electron chi connectivity index (χ1n) is 8.05. The molecule has 0 fully saturated rings. The second-order valence-corrected chi connectivity index (χ2v) is 6.54. The maximum atomic E-state index is 12.1. The molecule has 1 N–H and O–H groups in total. The summed E-state index contributed by atoms with van der Waals surface area (Å²) in [5.74, 6) is -1.20. The van der Waals surface area contributed by atoms with E-state index in [0.29, 0.717) is 16.3 Å². The third-order valence-electron chi connectivity index (χ3n) is 3.67. The highest BCUT2D eigenvalue weighted by molar-refractivity contribution is 7.13. The number of para-hydroxylation sites is 1. The van der Waals surface area contributed by atoms with Gasteiger partial charge in [0.05, 0.1) is 11.3 Å². The van der Waals surface area contributed by atoms with Crippen LogP contribution in [0.3, 0.4) is 0 Å². The third-order valence-corrected chi connectivity index (χ3v) is 4.56. The number of aromatic nitrogens is 1. The summed E-state index contributed by atoms with van der Waals surface area (Å²) < 4.78 is 5.01. The van der Waals surface area contributed by atoms with Gasteiger partial charge in [-0.1, -0.05) is 42.0 Å². The molecule has 2 aromatic carbocycles. The average molecular weight is 377 g/mol. The van der Waals surface area contributed by atoms with Crippen molar-refractivity contribution in [3.63, 3.8) is 0 Å². The van der Waals surface area contributed by atoms with Gasteiger partial charge in [-0.2, -0.15) is 5.26 Å². The minimum atomic E-state index is -0.673. The van der Waals surface area contributed by atoms with Crippen LogP contribution in [-0.4, -0.2) is 23.5 Å². The quantitative estimate of drug-likeness (QED) is 0.683. The van der Waals surface area contributed by atoms with Gasteiger partial charge in [-0.25, -0.2) is 9.78 Å². The number of hydrogen-bond acceptors (Lipinski definition) is 6. The summed E-state index contributed by atoms with van der Waals surface area (Å²) in [4.78, 5) is 28.3. The van der Waals surface area contributed by atoms with Crippen molar-refractivity contribution in [2.24, 2.45) is 0 Å². The molecular formula is C20H15N3O3S. The zero-order valence-corrected chi connectivity index (χ0v) is 15.2. The molecule has 7 heteroatoms. The lowest BCUT2D eigenvalue weighted by Gasteiger charge is -2.07. The molecule has 0 unspecified atom stereocenters. The SMILES string of the molecule is Cc1ccc(-c2nc(C(=O)OCC(=O)Nc3ccccc3C#N)cs2)cc1. The number of hydrogen-bond donors (Lipinski definition) is 1. The number of nitriles is 1. The Hall–Kier alpha value is -3.50. The number of amides is 1. The number of benzene rings is 2.